The molecule has 0 spiro atoms. The fraction of sp³-hybridized carbons (Fsp3) is 0.375. The number of hydrogen-bond donors (Lipinski definition) is 2. The maximum absolute atomic E-state index is 13.1. The molecule has 3 N–H and O–H groups in total. The third-order valence-electron chi connectivity index (χ3n) is 6.11. The summed E-state index contributed by atoms with van der Waals surface area (Å²) in [6, 6.07) is 12.8. The first-order valence-electron chi connectivity index (χ1n) is 10.6. The highest BCUT2D eigenvalue weighted by Gasteiger charge is 2.37. The minimum absolute atomic E-state index is 0.158. The molecule has 1 fully saturated rings. The monoisotopic (exact) mass is 436 g/mol. The lowest BCUT2D eigenvalue weighted by Gasteiger charge is -2.32. The van der Waals surface area contributed by atoms with Crippen molar-refractivity contribution in [3.63, 3.8) is 0 Å². The summed E-state index contributed by atoms with van der Waals surface area (Å²) in [7, 11) is 0. The van der Waals surface area contributed by atoms with Gasteiger partial charge in [0.15, 0.2) is 0 Å². The average molecular weight is 436 g/mol. The second-order valence-corrected chi connectivity index (χ2v) is 8.40. The number of halogens is 1. The Bertz CT molecular complexity index is 1060. The van der Waals surface area contributed by atoms with Crippen molar-refractivity contribution in [2.45, 2.75) is 43.9 Å². The number of fused-ring (bicyclic) bond motifs is 1. The van der Waals surface area contributed by atoms with E-state index in [1.54, 1.807) is 4.90 Å². The van der Waals surface area contributed by atoms with Crippen LogP contribution in [0.15, 0.2) is 42.5 Å². The Morgan fingerprint density at radius 1 is 1.16 bits per heavy atom. The summed E-state index contributed by atoms with van der Waals surface area (Å²) in [6.45, 7) is 1.77. The van der Waals surface area contributed by atoms with Crippen LogP contribution in [-0.2, 0) is 29.0 Å². The van der Waals surface area contributed by atoms with Gasteiger partial charge in [-0.25, -0.2) is 4.39 Å². The molecule has 0 saturated carbocycles. The number of rotatable bonds is 5. The van der Waals surface area contributed by atoms with Crippen LogP contribution in [0.3, 0.4) is 0 Å². The van der Waals surface area contributed by atoms with Crippen molar-refractivity contribution in [1.29, 1.82) is 5.26 Å². The maximum Gasteiger partial charge on any atom is 0.254 e. The van der Waals surface area contributed by atoms with Crippen molar-refractivity contribution < 1.29 is 18.7 Å². The van der Waals surface area contributed by atoms with Gasteiger partial charge < -0.3 is 20.7 Å². The maximum atomic E-state index is 13.1. The quantitative estimate of drug-likeness (QED) is 0.746. The second-order valence-electron chi connectivity index (χ2n) is 8.40. The largest absolute Gasteiger partial charge is 0.381 e. The fourth-order valence-corrected chi connectivity index (χ4v) is 4.12. The van der Waals surface area contributed by atoms with Gasteiger partial charge in [-0.1, -0.05) is 18.2 Å². The summed E-state index contributed by atoms with van der Waals surface area (Å²) in [5.74, 6) is -0.869. The van der Waals surface area contributed by atoms with Gasteiger partial charge in [0.1, 0.15) is 11.9 Å². The molecule has 0 bridgehead atoms. The van der Waals surface area contributed by atoms with Crippen molar-refractivity contribution in [3.05, 3.63) is 70.5 Å². The van der Waals surface area contributed by atoms with Crippen molar-refractivity contribution >= 4 is 11.8 Å². The summed E-state index contributed by atoms with van der Waals surface area (Å²) in [4.78, 5) is 27.1. The van der Waals surface area contributed by atoms with E-state index >= 15 is 0 Å². The molecule has 166 valence electrons. The summed E-state index contributed by atoms with van der Waals surface area (Å²) in [6.07, 6.45) is 1.19. The SMILES string of the molecule is N#C[C@H](Cc1ccc2c(c1)CN(C(=O)c1ccc(F)cc1)C2)NC(=O)C1(N)CCOCC1. The standard InChI is InChI=1S/C24H25FN4O3/c25-20-5-3-17(4-6-20)22(30)29-14-18-2-1-16(11-19(18)15-29)12-21(13-26)28-23(31)24(27)7-9-32-10-8-24/h1-6,11,21H,7-10,12,14-15,27H2,(H,28,31)/t21-/m0/s1. The molecule has 2 heterocycles. The number of amides is 2. The number of hydrogen-bond acceptors (Lipinski definition) is 5. The molecule has 2 aromatic rings. The van der Waals surface area contributed by atoms with Gasteiger partial charge in [0.2, 0.25) is 5.91 Å². The van der Waals surface area contributed by atoms with E-state index in [2.05, 4.69) is 11.4 Å². The smallest absolute Gasteiger partial charge is 0.254 e. The molecule has 4 rings (SSSR count). The summed E-state index contributed by atoms with van der Waals surface area (Å²) < 4.78 is 18.4. The van der Waals surface area contributed by atoms with E-state index in [4.69, 9.17) is 10.5 Å². The molecule has 0 aromatic heterocycles. The van der Waals surface area contributed by atoms with E-state index in [1.807, 2.05) is 18.2 Å². The molecule has 1 atom stereocenters. The Morgan fingerprint density at radius 2 is 1.84 bits per heavy atom. The highest BCUT2D eigenvalue weighted by molar-refractivity contribution is 5.94. The molecular formula is C24H25FN4O3. The number of benzene rings is 2. The fourth-order valence-electron chi connectivity index (χ4n) is 4.12. The van der Waals surface area contributed by atoms with E-state index in [-0.39, 0.29) is 17.6 Å². The van der Waals surface area contributed by atoms with Crippen LogP contribution in [0.2, 0.25) is 0 Å². The van der Waals surface area contributed by atoms with Gasteiger partial charge >= 0.3 is 0 Å². The zero-order valence-electron chi connectivity index (χ0n) is 17.6. The van der Waals surface area contributed by atoms with E-state index < -0.39 is 11.6 Å². The minimum Gasteiger partial charge on any atom is -0.381 e. The van der Waals surface area contributed by atoms with Crippen LogP contribution >= 0.6 is 0 Å². The number of carbonyl (C=O) groups is 2. The van der Waals surface area contributed by atoms with Crippen molar-refractivity contribution in [3.8, 4) is 6.07 Å². The van der Waals surface area contributed by atoms with Gasteiger partial charge in [-0.15, -0.1) is 0 Å². The van der Waals surface area contributed by atoms with Crippen LogP contribution in [0.25, 0.3) is 0 Å². The lowest BCUT2D eigenvalue weighted by Crippen LogP contribution is -2.58. The van der Waals surface area contributed by atoms with Crippen LogP contribution in [0.5, 0.6) is 0 Å². The van der Waals surface area contributed by atoms with Crippen molar-refractivity contribution in [2.75, 3.05) is 13.2 Å². The molecule has 32 heavy (non-hydrogen) atoms. The van der Waals surface area contributed by atoms with Gasteiger partial charge in [0, 0.05) is 38.3 Å². The number of nitrogens with one attached hydrogen (secondary N) is 1. The molecule has 0 aliphatic carbocycles. The predicted octanol–water partition coefficient (Wildman–Crippen LogP) is 2.04. The first-order chi connectivity index (χ1) is 15.4. The van der Waals surface area contributed by atoms with E-state index in [9.17, 15) is 19.2 Å². The first kappa shape index (κ1) is 21.9. The molecule has 7 nitrogen and oxygen atoms in total. The lowest BCUT2D eigenvalue weighted by molar-refractivity contribution is -0.130. The summed E-state index contributed by atoms with van der Waals surface area (Å²) in [5, 5.41) is 12.3. The van der Waals surface area contributed by atoms with Gasteiger partial charge in [0.25, 0.3) is 5.91 Å². The zero-order valence-corrected chi connectivity index (χ0v) is 17.6. The third kappa shape index (κ3) is 4.64. The van der Waals surface area contributed by atoms with Gasteiger partial charge in [-0.05, 0) is 53.8 Å². The second kappa shape index (κ2) is 9.07. The van der Waals surface area contributed by atoms with E-state index in [0.29, 0.717) is 51.1 Å². The summed E-state index contributed by atoms with van der Waals surface area (Å²) in [5.41, 5.74) is 8.57. The van der Waals surface area contributed by atoms with Crippen LogP contribution in [0, 0.1) is 17.1 Å². The van der Waals surface area contributed by atoms with E-state index in [1.165, 1.54) is 24.3 Å². The van der Waals surface area contributed by atoms with Crippen molar-refractivity contribution in [1.82, 2.24) is 10.2 Å². The number of ether oxygens (including phenoxy) is 1. The lowest BCUT2D eigenvalue weighted by atomic mass is 9.90. The predicted molar refractivity (Wildman–Crippen MR) is 115 cm³/mol. The molecular weight excluding hydrogens is 411 g/mol. The number of nitrogens with two attached hydrogens (primary N) is 1. The molecule has 8 heteroatoms. The summed E-state index contributed by atoms with van der Waals surface area (Å²) >= 11 is 0. The molecule has 1 saturated heterocycles. The number of nitriles is 1. The topological polar surface area (TPSA) is 108 Å². The Hall–Kier alpha value is -3.28. The minimum atomic E-state index is -1.01. The van der Waals surface area contributed by atoms with Gasteiger partial charge in [-0.3, -0.25) is 9.59 Å². The van der Waals surface area contributed by atoms with Gasteiger partial charge in [-0.2, -0.15) is 5.26 Å². The zero-order chi connectivity index (χ0) is 22.7. The van der Waals surface area contributed by atoms with Gasteiger partial charge in [0.05, 0.1) is 11.6 Å². The Balaban J connectivity index is 1.40. The third-order valence-corrected chi connectivity index (χ3v) is 6.11. The Morgan fingerprint density at radius 3 is 2.53 bits per heavy atom. The highest BCUT2D eigenvalue weighted by Crippen LogP contribution is 2.26. The van der Waals surface area contributed by atoms with Crippen LogP contribution < -0.4 is 11.1 Å². The molecule has 0 unspecified atom stereocenters. The average Bonchev–Trinajstić information content (AvgIpc) is 3.22. The van der Waals surface area contributed by atoms with Crippen LogP contribution in [-0.4, -0.2) is 41.5 Å². The number of nitrogens with zero attached hydrogens (tertiary/aromatic N) is 2. The Labute approximate surface area is 186 Å². The van der Waals surface area contributed by atoms with Crippen molar-refractivity contribution in [2.24, 2.45) is 5.73 Å². The molecule has 2 aliphatic rings. The molecule has 2 amide bonds. The molecule has 2 aliphatic heterocycles. The normalized spacial score (nSPS) is 17.8. The van der Waals surface area contributed by atoms with Crippen LogP contribution in [0.1, 0.15) is 39.9 Å². The highest BCUT2D eigenvalue weighted by atomic mass is 19.1. The molecule has 0 radical (unpaired) electrons. The first-order valence-corrected chi connectivity index (χ1v) is 10.6. The van der Waals surface area contributed by atoms with E-state index in [0.717, 1.165) is 16.7 Å². The Kier molecular flexibility index (Phi) is 6.21. The van der Waals surface area contributed by atoms with Crippen LogP contribution in [0.4, 0.5) is 4.39 Å². The molecule has 2 aromatic carbocycles. The number of carbonyl (C=O) groups excluding carboxylic acids is 2.